The number of nitrogens with zero attached hydrogens (tertiary/aromatic N) is 6. The molecule has 3 atom stereocenters. The molecule has 24 nitrogen and oxygen atoms in total. The summed E-state index contributed by atoms with van der Waals surface area (Å²) >= 11 is 18.9. The third-order valence-electron chi connectivity index (χ3n) is 18.0. The van der Waals surface area contributed by atoms with Crippen LogP contribution in [0.3, 0.4) is 0 Å². The summed E-state index contributed by atoms with van der Waals surface area (Å²) in [6, 6.07) is 32.0. The zero-order chi connectivity index (χ0) is 74.9. The number of nitrogens with one attached hydrogen (secondary N) is 2. The number of amides is 3. The fourth-order valence-electron chi connectivity index (χ4n) is 13.6. The minimum Gasteiger partial charge on any atom is -0.504 e. The number of phenolic OH excluding ortho intramolecular Hbond substituents is 1. The van der Waals surface area contributed by atoms with Crippen LogP contribution < -0.4 is 52.6 Å². The first-order valence-electron chi connectivity index (χ1n) is 33.9. The number of H-pyrrole nitrogens is 2. The summed E-state index contributed by atoms with van der Waals surface area (Å²) in [7, 11) is 9.22. The van der Waals surface area contributed by atoms with Crippen LogP contribution >= 0.6 is 34.8 Å². The minimum atomic E-state index is -0.600. The van der Waals surface area contributed by atoms with Gasteiger partial charge in [-0.05, 0) is 56.2 Å². The van der Waals surface area contributed by atoms with Crippen molar-refractivity contribution >= 4 is 125 Å². The number of rotatable bonds is 17. The lowest BCUT2D eigenvalue weighted by Crippen LogP contribution is -2.36. The topological polar surface area (TPSA) is 274 Å². The van der Waals surface area contributed by atoms with Gasteiger partial charge in [-0.25, -0.2) is 19.7 Å². The van der Waals surface area contributed by atoms with Gasteiger partial charge >= 0.3 is 6.09 Å². The Morgan fingerprint density at radius 3 is 1.23 bits per heavy atom. The van der Waals surface area contributed by atoms with Crippen molar-refractivity contribution in [1.29, 1.82) is 0 Å². The fourth-order valence-corrected chi connectivity index (χ4v) is 14.3. The molecular weight excluding hydrogens is 1410 g/mol. The van der Waals surface area contributed by atoms with E-state index in [0.717, 1.165) is 38.6 Å². The second-order valence-electron chi connectivity index (χ2n) is 25.8. The third kappa shape index (κ3) is 14.2. The highest BCUT2D eigenvalue weighted by Gasteiger charge is 2.42. The number of aromatic hydroxyl groups is 1. The first-order valence-corrected chi connectivity index (χ1v) is 35.6. The fraction of sp³-hybridized carbons (Fsp3) is 0.333. The molecule has 0 saturated heterocycles. The van der Waals surface area contributed by atoms with E-state index < -0.39 is 11.7 Å². The molecule has 3 unspecified atom stereocenters. The average molecular weight is 1490 g/mol. The highest BCUT2D eigenvalue weighted by Crippen LogP contribution is 2.51. The first kappa shape index (κ1) is 74.0. The summed E-state index contributed by atoms with van der Waals surface area (Å²) in [6.45, 7) is 16.7. The van der Waals surface area contributed by atoms with Gasteiger partial charge in [0.15, 0.2) is 74.7 Å². The maximum Gasteiger partial charge on any atom is 0.414 e. The van der Waals surface area contributed by atoms with Gasteiger partial charge in [0.2, 0.25) is 11.5 Å². The summed E-state index contributed by atoms with van der Waals surface area (Å²) in [4.78, 5) is 65.6. The SMILES string of the molecule is CC.COc1cc2cc(C(=O)N3CC(CCl)c4c3cc(O)c3oc(C)nc43)[nH]c2c(OC)c1OC.COc1cc2cc(C(=O)N3CC(CCl)c4c3cc(OCc3ccccc3)c3oc(C)nc43)[nH]c2c(OC)c1OC.Cc1nc2c3c(cc(OCc4ccccc4)c2o1)N(C(=O)OC(C)(C)C)CC3CCl. The molecule has 3 N–H and O–H groups in total. The van der Waals surface area contributed by atoms with Crippen LogP contribution in [-0.2, 0) is 18.0 Å². The molecule has 0 aliphatic carbocycles. The number of ether oxygens (including phenoxy) is 9. The minimum absolute atomic E-state index is 0.0654. The zero-order valence-electron chi connectivity index (χ0n) is 60.6. The molecule has 7 aromatic carbocycles. The van der Waals surface area contributed by atoms with Crippen LogP contribution in [0, 0.1) is 20.8 Å². The summed E-state index contributed by atoms with van der Waals surface area (Å²) in [5.41, 5.74) is 11.2. The molecule has 8 heterocycles. The number of alkyl halides is 3. The van der Waals surface area contributed by atoms with E-state index in [2.05, 4.69) is 24.9 Å². The number of aromatic amines is 2. The maximum atomic E-state index is 14.0. The lowest BCUT2D eigenvalue weighted by molar-refractivity contribution is 0.0582. The smallest absolute Gasteiger partial charge is 0.414 e. The average Bonchev–Trinajstić information content (AvgIpc) is 1.62. The van der Waals surface area contributed by atoms with E-state index in [1.165, 1.54) is 27.4 Å². The van der Waals surface area contributed by atoms with Gasteiger partial charge in [0.25, 0.3) is 11.8 Å². The van der Waals surface area contributed by atoms with Gasteiger partial charge in [-0.3, -0.25) is 14.5 Å². The Morgan fingerprint density at radius 2 is 0.857 bits per heavy atom. The number of oxazole rings is 3. The number of aromatic nitrogens is 5. The second kappa shape index (κ2) is 30.9. The molecule has 0 saturated carbocycles. The highest BCUT2D eigenvalue weighted by molar-refractivity contribution is 6.20. The van der Waals surface area contributed by atoms with Gasteiger partial charge in [0.1, 0.15) is 46.8 Å². The molecule has 27 heteroatoms. The predicted molar refractivity (Wildman–Crippen MR) is 404 cm³/mol. The van der Waals surface area contributed by atoms with Gasteiger partial charge in [0.05, 0.1) is 70.8 Å². The van der Waals surface area contributed by atoms with Crippen molar-refractivity contribution in [2.75, 3.05) is 94.6 Å². The number of anilines is 3. The summed E-state index contributed by atoms with van der Waals surface area (Å²) in [5, 5.41) is 12.0. The van der Waals surface area contributed by atoms with Crippen molar-refractivity contribution in [2.45, 2.75) is 92.0 Å². The quantitative estimate of drug-likeness (QED) is 0.0715. The molecule has 105 heavy (non-hydrogen) atoms. The summed E-state index contributed by atoms with van der Waals surface area (Å²) in [5.74, 6) is 5.30. The van der Waals surface area contributed by atoms with E-state index in [1.54, 1.807) is 81.1 Å². The molecule has 0 bridgehead atoms. The third-order valence-corrected chi connectivity index (χ3v) is 19.1. The van der Waals surface area contributed by atoms with Crippen LogP contribution in [0.2, 0.25) is 0 Å². The monoisotopic (exact) mass is 1490 g/mol. The Hall–Kier alpha value is -10.7. The number of phenols is 1. The molecule has 3 aliphatic rings. The van der Waals surface area contributed by atoms with Crippen LogP contribution in [0.5, 0.6) is 51.7 Å². The van der Waals surface area contributed by atoms with Crippen molar-refractivity contribution in [3.8, 4) is 51.7 Å². The number of hydrogen-bond donors (Lipinski definition) is 3. The largest absolute Gasteiger partial charge is 0.504 e. The molecular formula is C78H81Cl3N8O16. The van der Waals surface area contributed by atoms with Crippen LogP contribution in [0.1, 0.15) is 119 Å². The predicted octanol–water partition coefficient (Wildman–Crippen LogP) is 17.4. The zero-order valence-corrected chi connectivity index (χ0v) is 62.9. The van der Waals surface area contributed by atoms with E-state index in [1.807, 2.05) is 107 Å². The normalized spacial score (nSPS) is 15.0. The molecule has 15 rings (SSSR count). The summed E-state index contributed by atoms with van der Waals surface area (Å²) in [6.07, 6.45) is -0.412. The molecule has 3 aliphatic heterocycles. The van der Waals surface area contributed by atoms with Gasteiger partial charge in [-0.1, -0.05) is 74.5 Å². The van der Waals surface area contributed by atoms with Crippen molar-refractivity contribution in [3.63, 3.8) is 0 Å². The van der Waals surface area contributed by atoms with Gasteiger partial charge < -0.3 is 80.8 Å². The van der Waals surface area contributed by atoms with Crippen LogP contribution in [0.25, 0.3) is 55.1 Å². The Balaban J connectivity index is 0.000000148. The molecule has 12 aromatic rings. The molecule has 5 aromatic heterocycles. The van der Waals surface area contributed by atoms with Crippen LogP contribution in [-0.4, -0.2) is 133 Å². The van der Waals surface area contributed by atoms with E-state index in [4.69, 9.17) is 90.7 Å². The van der Waals surface area contributed by atoms with Gasteiger partial charge in [-0.15, -0.1) is 34.8 Å². The van der Waals surface area contributed by atoms with Gasteiger partial charge in [-0.2, -0.15) is 0 Å². The van der Waals surface area contributed by atoms with Crippen LogP contribution in [0.4, 0.5) is 21.9 Å². The Bertz CT molecular complexity index is 5220. The lowest BCUT2D eigenvalue weighted by atomic mass is 10.0. The second-order valence-corrected chi connectivity index (χ2v) is 26.7. The first-order chi connectivity index (χ1) is 50.6. The molecule has 0 fully saturated rings. The van der Waals surface area contributed by atoms with Crippen LogP contribution in [0.15, 0.2) is 116 Å². The number of aryl methyl sites for hydroxylation is 3. The number of carbonyl (C=O) groups is 3. The van der Waals surface area contributed by atoms with E-state index in [9.17, 15) is 19.5 Å². The van der Waals surface area contributed by atoms with Gasteiger partial charge in [0, 0.05) is 121 Å². The lowest BCUT2D eigenvalue weighted by Gasteiger charge is -2.25. The Labute approximate surface area is 620 Å². The van der Waals surface area contributed by atoms with E-state index in [0.29, 0.717) is 181 Å². The van der Waals surface area contributed by atoms with Crippen molar-refractivity contribution in [3.05, 3.63) is 160 Å². The Kier molecular flexibility index (Phi) is 21.8. The highest BCUT2D eigenvalue weighted by atomic mass is 35.5. The van der Waals surface area contributed by atoms with E-state index >= 15 is 0 Å². The number of benzene rings is 7. The Morgan fingerprint density at radius 1 is 0.495 bits per heavy atom. The summed E-state index contributed by atoms with van der Waals surface area (Å²) < 4.78 is 68.3. The number of hydrogen-bond acceptors (Lipinski definition) is 19. The number of carbonyl (C=O) groups excluding carboxylic acids is 3. The molecule has 3 amide bonds. The van der Waals surface area contributed by atoms with Crippen molar-refractivity contribution in [2.24, 2.45) is 0 Å². The molecule has 550 valence electrons. The standard InChI is InChI=1S/C30H28ClN3O6.C23H22ClN3O6.C23H25ClN2O4.C2H6/c1-16-32-26-24-19(13-31)14-34(21(24)12-23(27(26)40-16)39-15-17-8-6-5-7-9-17)30(35)20-10-18-11-22(36-2)28(37-3)29(38-4)25(18)33-20;1-10-25-19-17-12(8-24)9-27(14(17)7-15(28)20(19)33-10)23(29)13-5-11-6-16(30-2)21(31-3)22(32-4)18(11)26-13;1-14-25-20-19-16(11-24)12-26(22(27)30-23(2,3)4)17(19)10-18(21(20)29-14)28-13-15-8-6-5-7-9-15;1-2/h5-12,19,33H,13-15H2,1-4H3;5-7,12,26,28H,8-9H2,1-4H3;5-10,16H,11-13H2,1-4H3;1-2H3. The maximum absolute atomic E-state index is 14.0. The number of methoxy groups -OCH3 is 6. The van der Waals surface area contributed by atoms with Crippen molar-refractivity contribution in [1.82, 2.24) is 24.9 Å². The number of halogens is 3. The number of fused-ring (bicyclic) bond motifs is 11. The van der Waals surface area contributed by atoms with E-state index in [-0.39, 0.29) is 41.2 Å². The van der Waals surface area contributed by atoms with Crippen molar-refractivity contribution < 1.29 is 75.4 Å². The molecule has 0 spiro atoms. The molecule has 0 radical (unpaired) electrons.